The third kappa shape index (κ3) is 11.0. The maximum absolute atomic E-state index is 13.5. The van der Waals surface area contributed by atoms with E-state index in [1.807, 2.05) is 84.9 Å². The second kappa shape index (κ2) is 23.1. The SMILES string of the molecule is C=CC=C.C=Cc1ccccc1.COC(=O)[C@H]1[C@H]2C[C@@H]3c4[nH]c5cc(OC)ccc5c4CCN3C[C@H]2C[C@@H](OC(=O)c2cc(OC)c(OC)c(OC)c2)[C@@H]1OC.c1ccccc1. The van der Waals surface area contributed by atoms with Gasteiger partial charge in [-0.25, -0.2) is 4.79 Å². The van der Waals surface area contributed by atoms with E-state index in [9.17, 15) is 9.59 Å². The van der Waals surface area contributed by atoms with Crippen molar-refractivity contribution < 1.29 is 42.7 Å². The molecule has 1 saturated heterocycles. The molecule has 3 heterocycles. The number of rotatable bonds is 10. The van der Waals surface area contributed by atoms with Gasteiger partial charge in [0.05, 0.1) is 53.1 Å². The van der Waals surface area contributed by atoms with E-state index in [0.717, 1.165) is 37.2 Å². The predicted octanol–water partition coefficient (Wildman–Crippen LogP) is 9.55. The maximum atomic E-state index is 13.5. The maximum Gasteiger partial charge on any atom is 0.338 e. The first-order valence-corrected chi connectivity index (χ1v) is 20.7. The lowest BCUT2D eigenvalue weighted by Crippen LogP contribution is -2.58. The molecule has 11 heteroatoms. The molecule has 5 aromatic rings. The summed E-state index contributed by atoms with van der Waals surface area (Å²) >= 11 is 0. The first kappa shape index (κ1) is 46.8. The monoisotopic (exact) mass is 844 g/mol. The lowest BCUT2D eigenvalue weighted by molar-refractivity contribution is -0.176. The van der Waals surface area contributed by atoms with Gasteiger partial charge in [-0.05, 0) is 66.5 Å². The Labute approximate surface area is 365 Å². The third-order valence-corrected chi connectivity index (χ3v) is 11.6. The van der Waals surface area contributed by atoms with Crippen molar-refractivity contribution in [3.05, 3.63) is 151 Å². The Kier molecular flexibility index (Phi) is 17.4. The highest BCUT2D eigenvalue weighted by Crippen LogP contribution is 2.51. The molecule has 6 atom stereocenters. The van der Waals surface area contributed by atoms with Crippen LogP contribution in [0, 0.1) is 17.8 Å². The summed E-state index contributed by atoms with van der Waals surface area (Å²) in [5, 5.41) is 1.21. The molecule has 4 aromatic carbocycles. The number of benzene rings is 4. The number of hydrogen-bond acceptors (Lipinski definition) is 10. The fourth-order valence-corrected chi connectivity index (χ4v) is 8.74. The summed E-state index contributed by atoms with van der Waals surface area (Å²) in [5.74, 6) is 0.441. The van der Waals surface area contributed by atoms with Crippen LogP contribution < -0.4 is 18.9 Å². The number of carbonyl (C=O) groups is 2. The molecule has 328 valence electrons. The summed E-state index contributed by atoms with van der Waals surface area (Å²) < 4.78 is 39.1. The molecule has 8 rings (SSSR count). The van der Waals surface area contributed by atoms with Crippen molar-refractivity contribution in [2.45, 2.75) is 37.5 Å². The van der Waals surface area contributed by atoms with Crippen molar-refractivity contribution in [3.8, 4) is 23.0 Å². The molecular weight excluding hydrogens is 785 g/mol. The third-order valence-electron chi connectivity index (χ3n) is 11.6. The van der Waals surface area contributed by atoms with E-state index in [1.165, 1.54) is 50.6 Å². The summed E-state index contributed by atoms with van der Waals surface area (Å²) in [5.41, 5.74) is 5.00. The number of aromatic amines is 1. The van der Waals surface area contributed by atoms with Gasteiger partial charge in [-0.1, -0.05) is 105 Å². The van der Waals surface area contributed by atoms with Crippen molar-refractivity contribution in [3.63, 3.8) is 0 Å². The van der Waals surface area contributed by atoms with Gasteiger partial charge >= 0.3 is 11.9 Å². The number of nitrogens with zero attached hydrogens (tertiary/aromatic N) is 1. The summed E-state index contributed by atoms with van der Waals surface area (Å²) in [4.78, 5) is 33.1. The second-order valence-corrected chi connectivity index (χ2v) is 14.9. The number of piperidine rings is 1. The smallest absolute Gasteiger partial charge is 0.338 e. The number of methoxy groups -OCH3 is 6. The Morgan fingerprint density at radius 3 is 1.90 bits per heavy atom. The van der Waals surface area contributed by atoms with Crippen LogP contribution in [0.3, 0.4) is 0 Å². The topological polar surface area (TPSA) is 118 Å². The molecule has 0 amide bonds. The first-order chi connectivity index (χ1) is 30.2. The lowest BCUT2D eigenvalue weighted by atomic mass is 9.63. The molecule has 1 N–H and O–H groups in total. The molecule has 0 radical (unpaired) electrons. The average Bonchev–Trinajstić information content (AvgIpc) is 3.71. The molecule has 0 spiro atoms. The normalized spacial score (nSPS) is 20.7. The number of allylic oxidation sites excluding steroid dienone is 2. The van der Waals surface area contributed by atoms with Gasteiger partial charge in [-0.2, -0.15) is 0 Å². The van der Waals surface area contributed by atoms with Crippen LogP contribution in [0.25, 0.3) is 17.0 Å². The highest BCUT2D eigenvalue weighted by atomic mass is 16.6. The molecule has 3 aliphatic rings. The zero-order chi connectivity index (χ0) is 44.6. The van der Waals surface area contributed by atoms with E-state index in [4.69, 9.17) is 33.2 Å². The van der Waals surface area contributed by atoms with Crippen LogP contribution in [0.4, 0.5) is 0 Å². The van der Waals surface area contributed by atoms with Crippen LogP contribution >= 0.6 is 0 Å². The number of hydrogen-bond donors (Lipinski definition) is 1. The van der Waals surface area contributed by atoms with E-state index in [0.29, 0.717) is 23.7 Å². The molecule has 2 aliphatic heterocycles. The number of carbonyl (C=O) groups excluding carboxylic acids is 2. The van der Waals surface area contributed by atoms with Gasteiger partial charge in [0.2, 0.25) is 5.75 Å². The molecule has 1 saturated carbocycles. The summed E-state index contributed by atoms with van der Waals surface area (Å²) in [6.45, 7) is 12.0. The van der Waals surface area contributed by atoms with Gasteiger partial charge in [-0.15, -0.1) is 0 Å². The van der Waals surface area contributed by atoms with Gasteiger partial charge in [0, 0.05) is 42.9 Å². The highest BCUT2D eigenvalue weighted by molar-refractivity contribution is 5.91. The van der Waals surface area contributed by atoms with E-state index in [1.54, 1.807) is 38.5 Å². The molecular formula is C51H60N2O9. The summed E-state index contributed by atoms with van der Waals surface area (Å²) in [6, 6.07) is 31.4. The van der Waals surface area contributed by atoms with Crippen LogP contribution in [0.15, 0.2) is 129 Å². The van der Waals surface area contributed by atoms with Gasteiger partial charge in [0.15, 0.2) is 11.5 Å². The van der Waals surface area contributed by atoms with Crippen molar-refractivity contribution in [1.82, 2.24) is 9.88 Å². The summed E-state index contributed by atoms with van der Waals surface area (Å²) in [7, 11) is 9.10. The Hall–Kier alpha value is -6.30. The number of fused-ring (bicyclic) bond motifs is 6. The molecule has 0 bridgehead atoms. The minimum Gasteiger partial charge on any atom is -0.497 e. The van der Waals surface area contributed by atoms with Crippen LogP contribution in [0.5, 0.6) is 23.0 Å². The number of H-pyrrole nitrogens is 1. The molecule has 62 heavy (non-hydrogen) atoms. The van der Waals surface area contributed by atoms with Crippen molar-refractivity contribution in [1.29, 1.82) is 0 Å². The van der Waals surface area contributed by atoms with Crippen molar-refractivity contribution in [2.24, 2.45) is 17.8 Å². The average molecular weight is 845 g/mol. The minimum absolute atomic E-state index is 0.0170. The standard InChI is InChI=1S/C33H40N2O9.C8H8.C6H6.C4H6/c1-38-19-7-8-20-21-9-10-35-16-18-13-27(44-32(36)17-11-25(39-2)30(41-4)26(12-17)40-3)31(42-5)28(33(37)43-6)22(18)15-24(35)29(21)34-23(20)14-19;1-2-8-6-4-3-5-7-8;1-2-4-6-5-3-1;1-3-4-2/h7-8,11-12,14,18,22,24,27-28,31,34H,9-10,13,15-16H2,1-6H3;2-7H,1H2;1-6H;3-4H,1-2H2/t18-,22+,24-,27-,28+,31+;;;/m1.../s1. The summed E-state index contributed by atoms with van der Waals surface area (Å²) in [6.07, 6.45) is 6.03. The van der Waals surface area contributed by atoms with E-state index in [-0.39, 0.29) is 29.4 Å². The van der Waals surface area contributed by atoms with E-state index in [2.05, 4.69) is 35.7 Å². The van der Waals surface area contributed by atoms with Gasteiger partial charge in [0.1, 0.15) is 18.0 Å². The minimum atomic E-state index is -0.670. The molecule has 11 nitrogen and oxygen atoms in total. The zero-order valence-corrected chi connectivity index (χ0v) is 36.7. The first-order valence-electron chi connectivity index (χ1n) is 20.7. The second-order valence-electron chi connectivity index (χ2n) is 14.9. The van der Waals surface area contributed by atoms with Crippen LogP contribution in [0.1, 0.15) is 46.1 Å². The number of nitrogens with one attached hydrogen (secondary N) is 1. The predicted molar refractivity (Wildman–Crippen MR) is 244 cm³/mol. The van der Waals surface area contributed by atoms with Gasteiger partial charge in [0.25, 0.3) is 0 Å². The van der Waals surface area contributed by atoms with Crippen molar-refractivity contribution >= 4 is 28.9 Å². The van der Waals surface area contributed by atoms with Crippen molar-refractivity contribution in [2.75, 3.05) is 55.7 Å². The van der Waals surface area contributed by atoms with E-state index < -0.39 is 24.1 Å². The Bertz CT molecular complexity index is 2180. The van der Waals surface area contributed by atoms with Gasteiger partial charge in [-0.3, -0.25) is 9.69 Å². The molecule has 1 aromatic heterocycles. The lowest BCUT2D eigenvalue weighted by Gasteiger charge is -2.52. The van der Waals surface area contributed by atoms with Crippen LogP contribution in [-0.4, -0.2) is 89.8 Å². The zero-order valence-electron chi connectivity index (χ0n) is 36.7. The number of ether oxygens (including phenoxy) is 7. The van der Waals surface area contributed by atoms with Gasteiger partial charge < -0.3 is 38.1 Å². The van der Waals surface area contributed by atoms with E-state index >= 15 is 0 Å². The number of aromatic nitrogens is 1. The molecule has 2 fully saturated rings. The van der Waals surface area contributed by atoms with Crippen LogP contribution in [0.2, 0.25) is 0 Å². The molecule has 0 unspecified atom stereocenters. The fraction of sp³-hybridized carbons (Fsp3) is 0.333. The fourth-order valence-electron chi connectivity index (χ4n) is 8.74. The van der Waals surface area contributed by atoms with Crippen LogP contribution in [-0.2, 0) is 25.4 Å². The quantitative estimate of drug-likeness (QED) is 0.108. The largest absolute Gasteiger partial charge is 0.497 e. The molecule has 1 aliphatic carbocycles. The highest BCUT2D eigenvalue weighted by Gasteiger charge is 2.54. The Morgan fingerprint density at radius 1 is 0.758 bits per heavy atom. The Balaban J connectivity index is 0.000000333. The Morgan fingerprint density at radius 2 is 1.39 bits per heavy atom. The number of esters is 2.